The molecule has 4 heterocycles. The van der Waals surface area contributed by atoms with Crippen molar-refractivity contribution in [1.29, 1.82) is 0 Å². The highest BCUT2D eigenvalue weighted by atomic mass is 35.5. The molecule has 0 spiro atoms. The Kier molecular flexibility index (Phi) is 7.32. The lowest BCUT2D eigenvalue weighted by Gasteiger charge is -2.43. The number of benzene rings is 3. The largest absolute Gasteiger partial charge is 0.508 e. The molecule has 236 valence electrons. The third kappa shape index (κ3) is 4.73. The summed E-state index contributed by atoms with van der Waals surface area (Å²) in [5.41, 5.74) is 7.71. The van der Waals surface area contributed by atoms with Crippen LogP contribution >= 0.6 is 11.6 Å². The first-order valence-corrected chi connectivity index (χ1v) is 15.5. The van der Waals surface area contributed by atoms with Crippen LogP contribution in [0.4, 0.5) is 10.2 Å². The summed E-state index contributed by atoms with van der Waals surface area (Å²) in [5.74, 6) is -1.03. The van der Waals surface area contributed by atoms with Crippen molar-refractivity contribution in [3.8, 4) is 16.9 Å². The molecule has 2 aliphatic heterocycles. The van der Waals surface area contributed by atoms with Gasteiger partial charge in [-0.05, 0) is 67.5 Å². The van der Waals surface area contributed by atoms with Gasteiger partial charge in [0.25, 0.3) is 0 Å². The minimum atomic E-state index is -0.837. The van der Waals surface area contributed by atoms with Crippen molar-refractivity contribution in [2.75, 3.05) is 38.6 Å². The summed E-state index contributed by atoms with van der Waals surface area (Å²) in [6, 6.07) is 11.5. The van der Waals surface area contributed by atoms with Crippen LogP contribution in [0.2, 0.25) is 5.02 Å². The number of piperidine rings is 1. The number of fused-ring (bicyclic) bond motifs is 4. The maximum Gasteiger partial charge on any atom is 0.246 e. The van der Waals surface area contributed by atoms with Gasteiger partial charge in [0.1, 0.15) is 22.8 Å². The van der Waals surface area contributed by atoms with Gasteiger partial charge in [-0.25, -0.2) is 14.4 Å². The number of nitrogens with two attached hydrogens (primary N) is 1. The number of anilines is 1. The zero-order valence-electron chi connectivity index (χ0n) is 25.5. The maximum atomic E-state index is 17.0. The Bertz CT molecular complexity index is 2070. The quantitative estimate of drug-likeness (QED) is 0.254. The number of aromatic hydroxyl groups is 1. The number of likely N-dealkylation sites (N-methyl/N-ethyl adjacent to an activating group) is 1. The number of likely N-dealkylation sites (tertiary alicyclic amines) is 1. The SMILES string of the molecule is C=CC(=O)N1CC[C@H](n2cnc3c(N4CC(N(C)C)C4)nc4c(F)c(-c5cc(O)cc6ccccc56)c(Cl)cc4c32)C[C@H]1C(N)=O. The second-order valence-corrected chi connectivity index (χ2v) is 12.7. The van der Waals surface area contributed by atoms with Gasteiger partial charge < -0.3 is 30.1 Å². The van der Waals surface area contributed by atoms with E-state index in [0.29, 0.717) is 59.9 Å². The Morgan fingerprint density at radius 1 is 1.15 bits per heavy atom. The lowest BCUT2D eigenvalue weighted by atomic mass is 9.94. The molecule has 5 aromatic rings. The summed E-state index contributed by atoms with van der Waals surface area (Å²) in [5, 5.41) is 12.7. The van der Waals surface area contributed by atoms with Crippen LogP contribution in [0.3, 0.4) is 0 Å². The highest BCUT2D eigenvalue weighted by molar-refractivity contribution is 6.35. The number of carbonyl (C=O) groups is 2. The molecule has 2 saturated heterocycles. The molecule has 0 saturated carbocycles. The number of halogens is 2. The normalized spacial score (nSPS) is 18.9. The van der Waals surface area contributed by atoms with E-state index in [4.69, 9.17) is 27.3 Å². The first-order valence-electron chi connectivity index (χ1n) is 15.1. The van der Waals surface area contributed by atoms with Crippen molar-refractivity contribution in [2.45, 2.75) is 31.0 Å². The predicted molar refractivity (Wildman–Crippen MR) is 177 cm³/mol. The maximum absolute atomic E-state index is 17.0. The number of amides is 2. The van der Waals surface area contributed by atoms with Crippen molar-refractivity contribution in [3.63, 3.8) is 0 Å². The minimum absolute atomic E-state index is 0.00738. The molecule has 2 aliphatic rings. The van der Waals surface area contributed by atoms with Gasteiger partial charge in [0, 0.05) is 42.7 Å². The molecule has 0 bridgehead atoms. The fraction of sp³-hybridized carbons (Fsp3) is 0.294. The Balaban J connectivity index is 1.45. The minimum Gasteiger partial charge on any atom is -0.508 e. The van der Waals surface area contributed by atoms with Crippen LogP contribution in [0.1, 0.15) is 18.9 Å². The van der Waals surface area contributed by atoms with Crippen LogP contribution in [0.15, 0.2) is 61.4 Å². The first kappa shape index (κ1) is 29.9. The van der Waals surface area contributed by atoms with E-state index in [0.717, 1.165) is 10.8 Å². The van der Waals surface area contributed by atoms with Crippen LogP contribution in [0.25, 0.3) is 43.8 Å². The van der Waals surface area contributed by atoms with Gasteiger partial charge in [0.2, 0.25) is 11.8 Å². The van der Waals surface area contributed by atoms with Crippen molar-refractivity contribution < 1.29 is 19.1 Å². The van der Waals surface area contributed by atoms with Crippen LogP contribution in [0, 0.1) is 5.82 Å². The van der Waals surface area contributed by atoms with E-state index in [1.165, 1.54) is 17.0 Å². The molecule has 0 radical (unpaired) electrons. The second kappa shape index (κ2) is 11.3. The topological polar surface area (TPSA) is 121 Å². The molecule has 2 atom stereocenters. The molecule has 7 rings (SSSR count). The molecule has 2 amide bonds. The molecule has 3 N–H and O–H groups in total. The van der Waals surface area contributed by atoms with Crippen molar-refractivity contribution in [2.24, 2.45) is 5.73 Å². The van der Waals surface area contributed by atoms with Crippen LogP contribution in [-0.2, 0) is 9.59 Å². The lowest BCUT2D eigenvalue weighted by molar-refractivity contribution is -0.138. The zero-order chi connectivity index (χ0) is 32.4. The van der Waals surface area contributed by atoms with E-state index in [1.54, 1.807) is 18.5 Å². The van der Waals surface area contributed by atoms with Gasteiger partial charge in [-0.3, -0.25) is 9.59 Å². The zero-order valence-corrected chi connectivity index (χ0v) is 26.2. The monoisotopic (exact) mass is 641 g/mol. The van der Waals surface area contributed by atoms with Gasteiger partial charge in [-0.2, -0.15) is 0 Å². The summed E-state index contributed by atoms with van der Waals surface area (Å²) in [6.45, 7) is 5.24. The average Bonchev–Trinajstić information content (AvgIpc) is 3.45. The standard InChI is InChI=1S/C34H33ClFN7O3/c1-4-27(45)42-10-9-19(12-26(42)33(37)46)43-17-38-31-32(43)24-14-25(35)28(23-13-21(44)11-18-7-5-6-8-22(18)23)29(36)30(24)39-34(31)41-15-20(16-41)40(2)3/h4-8,11,13-14,17,19-20,26,44H,1,9-10,12,15-16H2,2-3H3,(H2,37,46)/t19-,26-/m0/s1. The summed E-state index contributed by atoms with van der Waals surface area (Å²) >= 11 is 6.92. The molecule has 3 aromatic carbocycles. The third-order valence-electron chi connectivity index (χ3n) is 9.43. The molecule has 10 nitrogen and oxygen atoms in total. The number of nitrogens with zero attached hydrogens (tertiary/aromatic N) is 6. The highest BCUT2D eigenvalue weighted by Gasteiger charge is 2.37. The van der Waals surface area contributed by atoms with Crippen molar-refractivity contribution >= 4 is 61.9 Å². The van der Waals surface area contributed by atoms with Crippen molar-refractivity contribution in [3.05, 3.63) is 72.3 Å². The van der Waals surface area contributed by atoms with E-state index >= 15 is 4.39 Å². The van der Waals surface area contributed by atoms with E-state index < -0.39 is 17.8 Å². The van der Waals surface area contributed by atoms with Gasteiger partial charge in [0.05, 0.1) is 16.9 Å². The van der Waals surface area contributed by atoms with E-state index in [-0.39, 0.29) is 40.2 Å². The van der Waals surface area contributed by atoms with Crippen LogP contribution in [0.5, 0.6) is 5.75 Å². The number of carbonyl (C=O) groups excluding carboxylic acids is 2. The summed E-state index contributed by atoms with van der Waals surface area (Å²) in [4.78, 5) is 40.4. The molecular weight excluding hydrogens is 609 g/mol. The molecule has 2 fully saturated rings. The molecule has 0 aliphatic carbocycles. The number of hydrogen-bond donors (Lipinski definition) is 2. The smallest absolute Gasteiger partial charge is 0.246 e. The number of hydrogen-bond acceptors (Lipinski definition) is 7. The number of primary amides is 1. The number of phenolic OH excluding ortho intramolecular Hbond substituents is 1. The van der Waals surface area contributed by atoms with Gasteiger partial charge in [0.15, 0.2) is 11.6 Å². The fourth-order valence-electron chi connectivity index (χ4n) is 6.90. The number of rotatable bonds is 6. The first-order chi connectivity index (χ1) is 22.1. The molecule has 2 aromatic heterocycles. The van der Waals surface area contributed by atoms with Gasteiger partial charge >= 0.3 is 0 Å². The average molecular weight is 642 g/mol. The number of imidazole rings is 1. The number of phenols is 1. The van der Waals surface area contributed by atoms with Crippen LogP contribution in [-0.4, -0.2) is 87.1 Å². The second-order valence-electron chi connectivity index (χ2n) is 12.3. The molecular formula is C34H33ClFN7O3. The summed E-state index contributed by atoms with van der Waals surface area (Å²) in [6.07, 6.45) is 3.65. The molecule has 12 heteroatoms. The van der Waals surface area contributed by atoms with E-state index in [1.807, 2.05) is 42.9 Å². The number of pyridine rings is 1. The molecule has 46 heavy (non-hydrogen) atoms. The van der Waals surface area contributed by atoms with Gasteiger partial charge in [-0.15, -0.1) is 0 Å². The molecule has 0 unspecified atom stereocenters. The Labute approximate surface area is 269 Å². The fourth-order valence-corrected chi connectivity index (χ4v) is 7.19. The summed E-state index contributed by atoms with van der Waals surface area (Å²) in [7, 11) is 4.04. The third-order valence-corrected chi connectivity index (χ3v) is 9.73. The predicted octanol–water partition coefficient (Wildman–Crippen LogP) is 4.86. The van der Waals surface area contributed by atoms with E-state index in [9.17, 15) is 14.7 Å². The Morgan fingerprint density at radius 2 is 1.91 bits per heavy atom. The van der Waals surface area contributed by atoms with Crippen LogP contribution < -0.4 is 10.6 Å². The van der Waals surface area contributed by atoms with Crippen molar-refractivity contribution in [1.82, 2.24) is 24.3 Å². The Morgan fingerprint density at radius 3 is 2.63 bits per heavy atom. The van der Waals surface area contributed by atoms with Gasteiger partial charge in [-0.1, -0.05) is 42.4 Å². The number of aromatic nitrogens is 3. The van der Waals surface area contributed by atoms with E-state index in [2.05, 4.69) is 16.4 Å². The lowest BCUT2D eigenvalue weighted by Crippen LogP contribution is -2.57. The summed E-state index contributed by atoms with van der Waals surface area (Å²) < 4.78 is 18.9. The Hall–Kier alpha value is -4.74. The highest BCUT2D eigenvalue weighted by Crippen LogP contribution is 2.44.